The third kappa shape index (κ3) is 4.89. The number of hydrogen-bond acceptors (Lipinski definition) is 5. The van der Waals surface area contributed by atoms with Crippen LogP contribution in [-0.2, 0) is 4.79 Å². The molecule has 8 nitrogen and oxygen atoms in total. The lowest BCUT2D eigenvalue weighted by Gasteiger charge is -2.28. The Labute approximate surface area is 227 Å². The summed E-state index contributed by atoms with van der Waals surface area (Å²) < 4.78 is 34.0. The molecule has 2 aliphatic rings. The van der Waals surface area contributed by atoms with Crippen molar-refractivity contribution in [1.29, 1.82) is 5.26 Å². The molecular weight excluding hydrogens is 520 g/mol. The Morgan fingerprint density at radius 3 is 2.40 bits per heavy atom. The van der Waals surface area contributed by atoms with Crippen LogP contribution in [0.4, 0.5) is 14.5 Å². The van der Waals surface area contributed by atoms with Crippen LogP contribution in [0.25, 0.3) is 11.1 Å². The van der Waals surface area contributed by atoms with Gasteiger partial charge in [-0.05, 0) is 60.2 Å². The second kappa shape index (κ2) is 10.6. The van der Waals surface area contributed by atoms with Crippen molar-refractivity contribution in [3.05, 3.63) is 95.1 Å². The van der Waals surface area contributed by atoms with E-state index in [9.17, 15) is 23.2 Å². The minimum Gasteiger partial charge on any atom is -0.496 e. The van der Waals surface area contributed by atoms with Gasteiger partial charge < -0.3 is 20.5 Å². The van der Waals surface area contributed by atoms with Crippen LogP contribution >= 0.6 is 0 Å². The van der Waals surface area contributed by atoms with Crippen LogP contribution in [0.5, 0.6) is 5.75 Å². The lowest BCUT2D eigenvalue weighted by Crippen LogP contribution is -2.47. The first kappa shape index (κ1) is 26.6. The summed E-state index contributed by atoms with van der Waals surface area (Å²) in [6, 6.07) is 12.9. The molecular formula is C30H23F2N3O5. The van der Waals surface area contributed by atoms with E-state index in [0.717, 1.165) is 12.1 Å². The quantitative estimate of drug-likeness (QED) is 0.369. The Morgan fingerprint density at radius 1 is 1.00 bits per heavy atom. The van der Waals surface area contributed by atoms with Gasteiger partial charge in [0, 0.05) is 23.4 Å². The normalized spacial score (nSPS) is 20.6. The van der Waals surface area contributed by atoms with Crippen molar-refractivity contribution in [3.8, 4) is 22.9 Å². The lowest BCUT2D eigenvalue weighted by molar-refractivity contribution is -0.121. The van der Waals surface area contributed by atoms with Crippen molar-refractivity contribution < 1.29 is 33.0 Å². The van der Waals surface area contributed by atoms with Crippen molar-refractivity contribution in [3.63, 3.8) is 0 Å². The molecule has 10 heteroatoms. The number of anilines is 1. The Balaban J connectivity index is 1.41. The number of halogens is 2. The summed E-state index contributed by atoms with van der Waals surface area (Å²) >= 11 is 0. The van der Waals surface area contributed by atoms with Gasteiger partial charge in [-0.1, -0.05) is 24.3 Å². The zero-order chi connectivity index (χ0) is 28.6. The highest BCUT2D eigenvalue weighted by Crippen LogP contribution is 2.44. The predicted octanol–water partition coefficient (Wildman–Crippen LogP) is 4.77. The number of methoxy groups -OCH3 is 1. The molecule has 0 unspecified atom stereocenters. The molecule has 3 aromatic rings. The topological polar surface area (TPSA) is 129 Å². The van der Waals surface area contributed by atoms with E-state index in [1.807, 2.05) is 12.2 Å². The standard InChI is InChI=1S/C30H23F2N3O5/c1-40-25-13-24(32)21(15-2-4-16(5-3-15)30(38)39)12-22(25)28(36)35-27-18-7-6-17(10-18)26(27)29(37)34-20-8-9-23(31)19(11-20)14-33/h2-9,11-13,17-18,26-27H,10H2,1H3,(H,34,37)(H,35,36)(H,38,39)/t17-,18+,26+,27-/m0/s1. The van der Waals surface area contributed by atoms with E-state index in [1.165, 1.54) is 49.6 Å². The molecule has 1 fully saturated rings. The zero-order valence-electron chi connectivity index (χ0n) is 21.2. The third-order valence-corrected chi connectivity index (χ3v) is 7.39. The number of carboxylic acids is 1. The van der Waals surface area contributed by atoms with Crippen molar-refractivity contribution >= 4 is 23.5 Å². The number of nitriles is 1. The van der Waals surface area contributed by atoms with Crippen LogP contribution in [0.15, 0.2) is 66.7 Å². The van der Waals surface area contributed by atoms with E-state index in [-0.39, 0.29) is 51.4 Å². The molecule has 40 heavy (non-hydrogen) atoms. The molecule has 3 N–H and O–H groups in total. The number of nitrogens with zero attached hydrogens (tertiary/aromatic N) is 1. The van der Waals surface area contributed by atoms with Crippen molar-refractivity contribution in [2.75, 3.05) is 12.4 Å². The molecule has 0 spiro atoms. The highest BCUT2D eigenvalue weighted by atomic mass is 19.1. The van der Waals surface area contributed by atoms with Crippen LogP contribution < -0.4 is 15.4 Å². The van der Waals surface area contributed by atoms with Crippen LogP contribution in [0.1, 0.15) is 32.7 Å². The first-order chi connectivity index (χ1) is 19.2. The first-order valence-corrected chi connectivity index (χ1v) is 12.4. The predicted molar refractivity (Wildman–Crippen MR) is 141 cm³/mol. The van der Waals surface area contributed by atoms with Gasteiger partial charge in [-0.2, -0.15) is 5.26 Å². The van der Waals surface area contributed by atoms with Gasteiger partial charge in [-0.3, -0.25) is 9.59 Å². The van der Waals surface area contributed by atoms with E-state index in [4.69, 9.17) is 15.1 Å². The SMILES string of the molecule is COc1cc(F)c(-c2ccc(C(=O)O)cc2)cc1C(=O)N[C@@H]1[C@H](C(=O)Nc2ccc(F)c(C#N)c2)[C@H]2C=C[C@@H]1C2. The minimum atomic E-state index is -1.12. The van der Waals surface area contributed by atoms with Gasteiger partial charge in [0.25, 0.3) is 5.91 Å². The Kier molecular flexibility index (Phi) is 7.05. The Morgan fingerprint density at radius 2 is 1.73 bits per heavy atom. The second-order valence-electron chi connectivity index (χ2n) is 9.68. The summed E-state index contributed by atoms with van der Waals surface area (Å²) in [6.07, 6.45) is 4.53. The van der Waals surface area contributed by atoms with E-state index in [0.29, 0.717) is 12.0 Å². The number of fused-ring (bicyclic) bond motifs is 2. The van der Waals surface area contributed by atoms with Gasteiger partial charge in [0.2, 0.25) is 5.91 Å². The van der Waals surface area contributed by atoms with Gasteiger partial charge >= 0.3 is 5.97 Å². The number of rotatable bonds is 7. The maximum absolute atomic E-state index is 15.0. The number of amides is 2. The number of allylic oxidation sites excluding steroid dienone is 1. The Bertz CT molecular complexity index is 1600. The lowest BCUT2D eigenvalue weighted by atomic mass is 9.87. The summed E-state index contributed by atoms with van der Waals surface area (Å²) in [5.74, 6) is -4.32. The molecule has 2 bridgehead atoms. The minimum absolute atomic E-state index is 0.00375. The highest BCUT2D eigenvalue weighted by Gasteiger charge is 2.49. The number of nitrogens with one attached hydrogen (secondary N) is 2. The molecule has 0 aliphatic heterocycles. The smallest absolute Gasteiger partial charge is 0.335 e. The fourth-order valence-electron chi connectivity index (χ4n) is 5.43. The van der Waals surface area contributed by atoms with Crippen LogP contribution in [0.2, 0.25) is 0 Å². The fourth-order valence-corrected chi connectivity index (χ4v) is 5.43. The summed E-state index contributed by atoms with van der Waals surface area (Å²) in [5, 5.41) is 23.9. The Hall–Kier alpha value is -5.04. The average Bonchev–Trinajstić information content (AvgIpc) is 3.56. The molecule has 2 amide bonds. The number of benzene rings is 3. The number of carboxylic acid groups (broad SMARTS) is 1. The summed E-state index contributed by atoms with van der Waals surface area (Å²) in [4.78, 5) is 38.0. The molecule has 4 atom stereocenters. The van der Waals surface area contributed by atoms with Crippen LogP contribution in [0, 0.1) is 40.7 Å². The molecule has 0 heterocycles. The van der Waals surface area contributed by atoms with E-state index in [2.05, 4.69) is 10.6 Å². The molecule has 3 aromatic carbocycles. The van der Waals surface area contributed by atoms with Gasteiger partial charge in [0.1, 0.15) is 23.5 Å². The van der Waals surface area contributed by atoms with Crippen molar-refractivity contribution in [2.45, 2.75) is 12.5 Å². The molecule has 2 aliphatic carbocycles. The fraction of sp³-hybridized carbons (Fsp3) is 0.200. The first-order valence-electron chi connectivity index (χ1n) is 12.4. The number of carbonyl (C=O) groups excluding carboxylic acids is 2. The highest BCUT2D eigenvalue weighted by molar-refractivity contribution is 6.00. The third-order valence-electron chi connectivity index (χ3n) is 7.39. The van der Waals surface area contributed by atoms with Crippen LogP contribution in [-0.4, -0.2) is 36.0 Å². The monoisotopic (exact) mass is 543 g/mol. The van der Waals surface area contributed by atoms with Crippen LogP contribution in [0.3, 0.4) is 0 Å². The molecule has 202 valence electrons. The molecule has 0 radical (unpaired) electrons. The van der Waals surface area contributed by atoms with Crippen molar-refractivity contribution in [1.82, 2.24) is 5.32 Å². The summed E-state index contributed by atoms with van der Waals surface area (Å²) in [7, 11) is 1.31. The molecule has 0 aromatic heterocycles. The van der Waals surface area contributed by atoms with Gasteiger partial charge in [0.15, 0.2) is 0 Å². The maximum Gasteiger partial charge on any atom is 0.335 e. The number of hydrogen-bond donors (Lipinski definition) is 3. The maximum atomic E-state index is 15.0. The summed E-state index contributed by atoms with van der Waals surface area (Å²) in [6.45, 7) is 0. The molecule has 5 rings (SSSR count). The van der Waals surface area contributed by atoms with E-state index < -0.39 is 35.5 Å². The van der Waals surface area contributed by atoms with E-state index >= 15 is 0 Å². The zero-order valence-corrected chi connectivity index (χ0v) is 21.2. The molecule has 0 saturated heterocycles. The second-order valence-corrected chi connectivity index (χ2v) is 9.68. The van der Waals surface area contributed by atoms with E-state index in [1.54, 1.807) is 6.07 Å². The summed E-state index contributed by atoms with van der Waals surface area (Å²) in [5.41, 5.74) is 0.592. The number of ether oxygens (including phenoxy) is 1. The largest absolute Gasteiger partial charge is 0.496 e. The van der Waals surface area contributed by atoms with Gasteiger partial charge in [-0.25, -0.2) is 13.6 Å². The number of aromatic carboxylic acids is 1. The number of carbonyl (C=O) groups is 3. The van der Waals surface area contributed by atoms with Crippen molar-refractivity contribution in [2.24, 2.45) is 17.8 Å². The van der Waals surface area contributed by atoms with Gasteiger partial charge in [-0.15, -0.1) is 0 Å². The average molecular weight is 544 g/mol. The van der Waals surface area contributed by atoms with Gasteiger partial charge in [0.05, 0.1) is 29.7 Å². The molecule has 1 saturated carbocycles.